The molecule has 1 N–H and O–H groups in total. The van der Waals surface area contributed by atoms with Crippen molar-refractivity contribution in [3.63, 3.8) is 0 Å². The van der Waals surface area contributed by atoms with Crippen LogP contribution >= 0.6 is 0 Å². The fourth-order valence-corrected chi connectivity index (χ4v) is 2.50. The number of benzene rings is 1. The highest BCUT2D eigenvalue weighted by atomic mass is 16.5. The third kappa shape index (κ3) is 2.07. The van der Waals surface area contributed by atoms with Gasteiger partial charge in [0.1, 0.15) is 0 Å². The molecule has 92 valence electrons. The average Bonchev–Trinajstić information content (AvgIpc) is 2.36. The molecular weight excluding hydrogens is 216 g/mol. The summed E-state index contributed by atoms with van der Waals surface area (Å²) in [6.07, 6.45) is 3.21. The molecule has 0 saturated carbocycles. The number of hydrogen-bond donors (Lipinski definition) is 1. The summed E-state index contributed by atoms with van der Waals surface area (Å²) in [6.45, 7) is 2.48. The van der Waals surface area contributed by atoms with E-state index in [1.54, 1.807) is 0 Å². The molecule has 1 unspecified atom stereocenters. The first kappa shape index (κ1) is 12.1. The number of carboxylic acids is 1. The van der Waals surface area contributed by atoms with E-state index in [0.29, 0.717) is 13.0 Å². The van der Waals surface area contributed by atoms with Crippen LogP contribution in [0.5, 0.6) is 0 Å². The van der Waals surface area contributed by atoms with Gasteiger partial charge in [-0.05, 0) is 36.8 Å². The highest BCUT2D eigenvalue weighted by Gasteiger charge is 2.44. The van der Waals surface area contributed by atoms with E-state index < -0.39 is 11.6 Å². The second kappa shape index (κ2) is 4.88. The van der Waals surface area contributed by atoms with E-state index in [1.165, 1.54) is 0 Å². The van der Waals surface area contributed by atoms with E-state index in [4.69, 9.17) is 4.74 Å². The Bertz CT molecular complexity index is 414. The predicted molar refractivity (Wildman–Crippen MR) is 64.9 cm³/mol. The average molecular weight is 234 g/mol. The van der Waals surface area contributed by atoms with E-state index >= 15 is 0 Å². The molecule has 0 saturated heterocycles. The minimum absolute atomic E-state index is 0.487. The van der Waals surface area contributed by atoms with Crippen LogP contribution in [0.4, 0.5) is 0 Å². The predicted octanol–water partition coefficient (Wildman–Crippen LogP) is 2.73. The molecule has 1 aliphatic carbocycles. The summed E-state index contributed by atoms with van der Waals surface area (Å²) in [6, 6.07) is 7.73. The molecule has 0 heterocycles. The molecule has 1 aromatic rings. The minimum Gasteiger partial charge on any atom is -0.479 e. The lowest BCUT2D eigenvalue weighted by molar-refractivity contribution is -0.170. The van der Waals surface area contributed by atoms with Gasteiger partial charge in [-0.1, -0.05) is 31.2 Å². The van der Waals surface area contributed by atoms with Crippen molar-refractivity contribution in [2.45, 2.75) is 38.2 Å². The Balaban J connectivity index is 2.43. The number of hydrogen-bond acceptors (Lipinski definition) is 2. The van der Waals surface area contributed by atoms with Gasteiger partial charge in [0, 0.05) is 6.61 Å². The fourth-order valence-electron chi connectivity index (χ4n) is 2.50. The second-order valence-electron chi connectivity index (χ2n) is 4.49. The maximum absolute atomic E-state index is 11.6. The van der Waals surface area contributed by atoms with Crippen LogP contribution in [0.2, 0.25) is 0 Å². The van der Waals surface area contributed by atoms with Gasteiger partial charge in [0.25, 0.3) is 0 Å². The molecule has 0 aliphatic heterocycles. The Morgan fingerprint density at radius 3 is 2.94 bits per heavy atom. The molecule has 1 aromatic carbocycles. The van der Waals surface area contributed by atoms with Crippen LogP contribution in [-0.2, 0) is 21.6 Å². The van der Waals surface area contributed by atoms with Crippen molar-refractivity contribution < 1.29 is 14.6 Å². The number of carbonyl (C=O) groups is 1. The molecule has 17 heavy (non-hydrogen) atoms. The molecule has 1 atom stereocenters. The van der Waals surface area contributed by atoms with Gasteiger partial charge in [-0.25, -0.2) is 4.79 Å². The highest BCUT2D eigenvalue weighted by Crippen LogP contribution is 2.38. The summed E-state index contributed by atoms with van der Waals surface area (Å²) in [4.78, 5) is 11.6. The van der Waals surface area contributed by atoms with Crippen molar-refractivity contribution >= 4 is 5.97 Å². The number of ether oxygens (including phenoxy) is 1. The van der Waals surface area contributed by atoms with Crippen molar-refractivity contribution in [2.75, 3.05) is 6.61 Å². The van der Waals surface area contributed by atoms with E-state index in [1.807, 2.05) is 31.2 Å². The van der Waals surface area contributed by atoms with Crippen molar-refractivity contribution in [1.29, 1.82) is 0 Å². The van der Waals surface area contributed by atoms with Crippen LogP contribution in [-0.4, -0.2) is 17.7 Å². The highest BCUT2D eigenvalue weighted by molar-refractivity contribution is 5.80. The summed E-state index contributed by atoms with van der Waals surface area (Å²) in [5, 5.41) is 9.54. The van der Waals surface area contributed by atoms with Gasteiger partial charge in [-0.2, -0.15) is 0 Å². The molecule has 1 aliphatic rings. The molecule has 0 fully saturated rings. The third-order valence-electron chi connectivity index (χ3n) is 3.33. The van der Waals surface area contributed by atoms with Gasteiger partial charge in [-0.15, -0.1) is 0 Å². The molecule has 0 spiro atoms. The van der Waals surface area contributed by atoms with Crippen molar-refractivity contribution in [2.24, 2.45) is 0 Å². The lowest BCUT2D eigenvalue weighted by Gasteiger charge is -2.35. The van der Waals surface area contributed by atoms with Crippen molar-refractivity contribution in [3.05, 3.63) is 35.4 Å². The summed E-state index contributed by atoms with van der Waals surface area (Å²) < 4.78 is 5.71. The number of rotatable bonds is 4. The quantitative estimate of drug-likeness (QED) is 0.871. The Hall–Kier alpha value is -1.35. The summed E-state index contributed by atoms with van der Waals surface area (Å²) >= 11 is 0. The van der Waals surface area contributed by atoms with Crippen molar-refractivity contribution in [1.82, 2.24) is 0 Å². The van der Waals surface area contributed by atoms with E-state index in [-0.39, 0.29) is 0 Å². The summed E-state index contributed by atoms with van der Waals surface area (Å²) in [5.74, 6) is -0.863. The Labute approximate surface area is 101 Å². The van der Waals surface area contributed by atoms with Crippen LogP contribution in [0.1, 0.15) is 37.3 Å². The van der Waals surface area contributed by atoms with Crippen molar-refractivity contribution in [3.8, 4) is 0 Å². The summed E-state index contributed by atoms with van der Waals surface area (Å²) in [5.41, 5.74) is 0.828. The monoisotopic (exact) mass is 234 g/mol. The topological polar surface area (TPSA) is 46.5 Å². The first-order valence-corrected chi connectivity index (χ1v) is 6.16. The van der Waals surface area contributed by atoms with Gasteiger partial charge in [-0.3, -0.25) is 0 Å². The number of aliphatic carboxylic acids is 1. The lowest BCUT2D eigenvalue weighted by Crippen LogP contribution is -2.42. The van der Waals surface area contributed by atoms with Gasteiger partial charge < -0.3 is 9.84 Å². The van der Waals surface area contributed by atoms with E-state index in [9.17, 15) is 9.90 Å². The molecule has 0 bridgehead atoms. The van der Waals surface area contributed by atoms with Gasteiger partial charge in [0.2, 0.25) is 0 Å². The van der Waals surface area contributed by atoms with Crippen LogP contribution in [0.15, 0.2) is 24.3 Å². The largest absolute Gasteiger partial charge is 0.479 e. The number of aryl methyl sites for hydroxylation is 1. The SMILES string of the molecule is CCCOC1(C(=O)O)CCCc2ccccc21. The number of carboxylic acid groups (broad SMARTS) is 1. The third-order valence-corrected chi connectivity index (χ3v) is 3.33. The van der Waals surface area contributed by atoms with Crippen LogP contribution in [0, 0.1) is 0 Å². The second-order valence-corrected chi connectivity index (χ2v) is 4.49. The molecular formula is C14H18O3. The number of fused-ring (bicyclic) bond motifs is 1. The Kier molecular flexibility index (Phi) is 3.48. The molecule has 0 radical (unpaired) electrons. The normalized spacial score (nSPS) is 23.1. The van der Waals surface area contributed by atoms with Gasteiger partial charge in [0.05, 0.1) is 0 Å². The molecule has 3 nitrogen and oxygen atoms in total. The fraction of sp³-hybridized carbons (Fsp3) is 0.500. The molecule has 0 amide bonds. The van der Waals surface area contributed by atoms with E-state index in [0.717, 1.165) is 30.4 Å². The zero-order valence-corrected chi connectivity index (χ0v) is 10.1. The first-order valence-electron chi connectivity index (χ1n) is 6.16. The molecule has 2 rings (SSSR count). The van der Waals surface area contributed by atoms with Crippen LogP contribution < -0.4 is 0 Å². The summed E-state index contributed by atoms with van der Waals surface area (Å²) in [7, 11) is 0. The zero-order chi connectivity index (χ0) is 12.3. The maximum atomic E-state index is 11.6. The Morgan fingerprint density at radius 2 is 2.24 bits per heavy atom. The lowest BCUT2D eigenvalue weighted by atomic mass is 9.79. The first-order chi connectivity index (χ1) is 8.20. The maximum Gasteiger partial charge on any atom is 0.340 e. The smallest absolute Gasteiger partial charge is 0.340 e. The minimum atomic E-state index is -1.12. The molecule has 0 aromatic heterocycles. The zero-order valence-electron chi connectivity index (χ0n) is 10.1. The van der Waals surface area contributed by atoms with E-state index in [2.05, 4.69) is 0 Å². The van der Waals surface area contributed by atoms with Crippen LogP contribution in [0.25, 0.3) is 0 Å². The van der Waals surface area contributed by atoms with Gasteiger partial charge in [0.15, 0.2) is 5.60 Å². The van der Waals surface area contributed by atoms with Gasteiger partial charge >= 0.3 is 5.97 Å². The Morgan fingerprint density at radius 1 is 1.47 bits per heavy atom. The molecule has 3 heteroatoms. The van der Waals surface area contributed by atoms with Crippen LogP contribution in [0.3, 0.4) is 0 Å². The standard InChI is InChI=1S/C14H18O3/c1-2-10-17-14(13(15)16)9-5-7-11-6-3-4-8-12(11)14/h3-4,6,8H,2,5,7,9-10H2,1H3,(H,15,16).